The van der Waals surface area contributed by atoms with Crippen LogP contribution in [0.4, 0.5) is 0 Å². The Hall–Kier alpha value is -0.210. The number of aryl methyl sites for hydroxylation is 1. The van der Waals surface area contributed by atoms with Gasteiger partial charge in [0.15, 0.2) is 0 Å². The fraction of sp³-hybridized carbons (Fsp3) is 0.500. The molecule has 1 aromatic rings. The number of nitrogens with zero attached hydrogens (tertiary/aromatic N) is 1. The molecule has 0 amide bonds. The van der Waals surface area contributed by atoms with Crippen molar-refractivity contribution in [3.05, 3.63) is 23.0 Å². The van der Waals surface area contributed by atoms with Crippen LogP contribution < -0.4 is 0 Å². The van der Waals surface area contributed by atoms with Crippen LogP contribution >= 0.6 is 23.4 Å². The lowest BCUT2D eigenvalue weighted by atomic mass is 10.3. The highest BCUT2D eigenvalue weighted by Crippen LogP contribution is 2.34. The molecular weight excluding hydrogens is 202 g/mol. The summed E-state index contributed by atoms with van der Waals surface area (Å²) in [4.78, 5) is 5.24. The van der Waals surface area contributed by atoms with Crippen molar-refractivity contribution in [3.63, 3.8) is 0 Å². The second kappa shape index (κ2) is 3.89. The van der Waals surface area contributed by atoms with E-state index in [4.69, 9.17) is 11.6 Å². The van der Waals surface area contributed by atoms with Crippen LogP contribution in [0.2, 0.25) is 5.15 Å². The molecule has 3 heteroatoms. The average Bonchev–Trinajstić information content (AvgIpc) is 1.94. The summed E-state index contributed by atoms with van der Waals surface area (Å²) < 4.78 is 0.218. The van der Waals surface area contributed by atoms with Gasteiger partial charge < -0.3 is 0 Å². The van der Waals surface area contributed by atoms with E-state index in [-0.39, 0.29) is 4.75 Å². The van der Waals surface area contributed by atoms with Gasteiger partial charge in [0.1, 0.15) is 5.15 Å². The fourth-order valence-electron chi connectivity index (χ4n) is 0.921. The average molecular weight is 216 g/mol. The lowest BCUT2D eigenvalue weighted by Crippen LogP contribution is -2.07. The summed E-state index contributed by atoms with van der Waals surface area (Å²) in [5.41, 5.74) is 1.18. The van der Waals surface area contributed by atoms with E-state index in [9.17, 15) is 0 Å². The molecule has 0 atom stereocenters. The van der Waals surface area contributed by atoms with E-state index < -0.39 is 0 Å². The molecular formula is C10H14ClNS. The first-order chi connectivity index (χ1) is 5.88. The molecule has 0 aliphatic rings. The maximum absolute atomic E-state index is 5.82. The number of pyridine rings is 1. The van der Waals surface area contributed by atoms with Crippen molar-refractivity contribution in [1.82, 2.24) is 4.98 Å². The van der Waals surface area contributed by atoms with Crippen molar-refractivity contribution in [2.45, 2.75) is 37.3 Å². The smallest absolute Gasteiger partial charge is 0.130 e. The van der Waals surface area contributed by atoms with Crippen molar-refractivity contribution < 1.29 is 0 Å². The number of hydrogen-bond donors (Lipinski definition) is 0. The maximum Gasteiger partial charge on any atom is 0.130 e. The number of thioether (sulfide) groups is 1. The molecule has 0 radical (unpaired) electrons. The summed E-state index contributed by atoms with van der Waals surface area (Å²) >= 11 is 7.64. The first-order valence-electron chi connectivity index (χ1n) is 4.20. The van der Waals surface area contributed by atoms with Crippen molar-refractivity contribution in [2.24, 2.45) is 0 Å². The second-order valence-corrected chi connectivity index (χ2v) is 6.24. The van der Waals surface area contributed by atoms with Crippen LogP contribution in [0.5, 0.6) is 0 Å². The Kier molecular flexibility index (Phi) is 3.25. The Labute approximate surface area is 88.9 Å². The molecule has 0 spiro atoms. The topological polar surface area (TPSA) is 12.9 Å². The molecule has 0 unspecified atom stereocenters. The van der Waals surface area contributed by atoms with Crippen molar-refractivity contribution >= 4 is 23.4 Å². The normalized spacial score (nSPS) is 11.8. The molecule has 1 aromatic heterocycles. The molecule has 0 aliphatic heterocycles. The molecule has 0 aromatic carbocycles. The zero-order valence-corrected chi connectivity index (χ0v) is 9.96. The molecule has 1 heterocycles. The molecule has 72 valence electrons. The van der Waals surface area contributed by atoms with Crippen LogP contribution in [-0.2, 0) is 0 Å². The summed E-state index contributed by atoms with van der Waals surface area (Å²) in [6, 6.07) is 1.92. The molecule has 0 saturated carbocycles. The number of halogens is 1. The van der Waals surface area contributed by atoms with Gasteiger partial charge in [-0.2, -0.15) is 0 Å². The van der Waals surface area contributed by atoms with Gasteiger partial charge in [-0.3, -0.25) is 0 Å². The van der Waals surface area contributed by atoms with Crippen LogP contribution in [0.3, 0.4) is 0 Å². The Morgan fingerprint density at radius 3 is 2.54 bits per heavy atom. The largest absolute Gasteiger partial charge is 0.244 e. The van der Waals surface area contributed by atoms with Crippen molar-refractivity contribution in [3.8, 4) is 0 Å². The molecule has 1 nitrogen and oxygen atoms in total. The van der Waals surface area contributed by atoms with E-state index in [2.05, 4.69) is 32.7 Å². The third kappa shape index (κ3) is 3.57. The van der Waals surface area contributed by atoms with Crippen LogP contribution in [0, 0.1) is 6.92 Å². The maximum atomic E-state index is 5.82. The van der Waals surface area contributed by atoms with Crippen LogP contribution in [0.25, 0.3) is 0 Å². The van der Waals surface area contributed by atoms with E-state index in [1.54, 1.807) is 0 Å². The number of hydrogen-bond acceptors (Lipinski definition) is 2. The minimum absolute atomic E-state index is 0.218. The first kappa shape index (κ1) is 10.9. The lowest BCUT2D eigenvalue weighted by molar-refractivity contribution is 0.802. The highest BCUT2D eigenvalue weighted by Gasteiger charge is 2.13. The Balaban J connectivity index is 2.94. The van der Waals surface area contributed by atoms with Gasteiger partial charge in [0.05, 0.1) is 0 Å². The Morgan fingerprint density at radius 2 is 2.00 bits per heavy atom. The monoisotopic (exact) mass is 215 g/mol. The minimum Gasteiger partial charge on any atom is -0.244 e. The lowest BCUT2D eigenvalue weighted by Gasteiger charge is -2.18. The van der Waals surface area contributed by atoms with E-state index in [0.29, 0.717) is 5.15 Å². The summed E-state index contributed by atoms with van der Waals surface area (Å²) in [6.07, 6.45) is 1.82. The van der Waals surface area contributed by atoms with Crippen molar-refractivity contribution in [1.29, 1.82) is 0 Å². The standard InChI is InChI=1S/C10H14ClNS/c1-7-6-12-9(11)5-8(7)13-10(2,3)4/h5-6H,1-4H3. The van der Waals surface area contributed by atoms with Gasteiger partial charge in [-0.05, 0) is 18.6 Å². The molecule has 0 aliphatic carbocycles. The van der Waals surface area contributed by atoms with E-state index in [0.717, 1.165) is 0 Å². The summed E-state index contributed by atoms with van der Waals surface area (Å²) in [5, 5.41) is 0.567. The Bertz CT molecular complexity index is 304. The highest BCUT2D eigenvalue weighted by atomic mass is 35.5. The number of aromatic nitrogens is 1. The van der Waals surface area contributed by atoms with Crippen LogP contribution in [0.15, 0.2) is 17.2 Å². The molecule has 0 N–H and O–H groups in total. The van der Waals surface area contributed by atoms with Gasteiger partial charge in [-0.1, -0.05) is 32.4 Å². The molecule has 0 bridgehead atoms. The highest BCUT2D eigenvalue weighted by molar-refractivity contribution is 8.00. The van der Waals surface area contributed by atoms with Gasteiger partial charge in [0.25, 0.3) is 0 Å². The van der Waals surface area contributed by atoms with E-state index in [1.807, 2.05) is 24.0 Å². The van der Waals surface area contributed by atoms with Gasteiger partial charge in [0.2, 0.25) is 0 Å². The van der Waals surface area contributed by atoms with Crippen molar-refractivity contribution in [2.75, 3.05) is 0 Å². The zero-order chi connectivity index (χ0) is 10.1. The Morgan fingerprint density at radius 1 is 1.38 bits per heavy atom. The van der Waals surface area contributed by atoms with E-state index >= 15 is 0 Å². The minimum atomic E-state index is 0.218. The predicted octanol–water partition coefficient (Wildman–Crippen LogP) is 3.93. The summed E-state index contributed by atoms with van der Waals surface area (Å²) in [7, 11) is 0. The predicted molar refractivity (Wildman–Crippen MR) is 59.6 cm³/mol. The summed E-state index contributed by atoms with van der Waals surface area (Å²) in [6.45, 7) is 8.61. The number of rotatable bonds is 1. The van der Waals surface area contributed by atoms with Gasteiger partial charge >= 0.3 is 0 Å². The quantitative estimate of drug-likeness (QED) is 0.520. The third-order valence-electron chi connectivity index (χ3n) is 1.44. The third-order valence-corrected chi connectivity index (χ3v) is 2.92. The van der Waals surface area contributed by atoms with Crippen LogP contribution in [0.1, 0.15) is 26.3 Å². The first-order valence-corrected chi connectivity index (χ1v) is 5.39. The van der Waals surface area contributed by atoms with E-state index in [1.165, 1.54) is 10.5 Å². The molecule has 0 fully saturated rings. The second-order valence-electron chi connectivity index (χ2n) is 3.99. The molecule has 1 rings (SSSR count). The molecule has 0 saturated heterocycles. The SMILES string of the molecule is Cc1cnc(Cl)cc1SC(C)(C)C. The summed E-state index contributed by atoms with van der Waals surface area (Å²) in [5.74, 6) is 0. The van der Waals surface area contributed by atoms with Gasteiger partial charge in [-0.15, -0.1) is 11.8 Å². The van der Waals surface area contributed by atoms with Gasteiger partial charge in [-0.25, -0.2) is 4.98 Å². The fourth-order valence-corrected chi connectivity index (χ4v) is 2.19. The van der Waals surface area contributed by atoms with Gasteiger partial charge in [0, 0.05) is 15.8 Å². The molecule has 13 heavy (non-hydrogen) atoms. The zero-order valence-electron chi connectivity index (χ0n) is 8.39. The van der Waals surface area contributed by atoms with Crippen LogP contribution in [-0.4, -0.2) is 9.73 Å².